The summed E-state index contributed by atoms with van der Waals surface area (Å²) in [7, 11) is 0. The molecule has 3 aromatic carbocycles. The van der Waals surface area contributed by atoms with E-state index in [1.165, 1.54) is 0 Å². The maximum Gasteiger partial charge on any atom is 0.275 e. The van der Waals surface area contributed by atoms with Crippen LogP contribution in [-0.2, 0) is 0 Å². The summed E-state index contributed by atoms with van der Waals surface area (Å²) < 4.78 is 0. The highest BCUT2D eigenvalue weighted by Gasteiger charge is 2.11. The molecule has 0 aliphatic rings. The van der Waals surface area contributed by atoms with Crippen LogP contribution in [0.15, 0.2) is 70.7 Å². The molecule has 3 rings (SSSR count). The summed E-state index contributed by atoms with van der Waals surface area (Å²) in [4.78, 5) is 13.4. The summed E-state index contributed by atoms with van der Waals surface area (Å²) in [6, 6.07) is 18.6. The van der Waals surface area contributed by atoms with Gasteiger partial charge in [0.2, 0.25) is 0 Å². The fourth-order valence-corrected chi connectivity index (χ4v) is 2.73. The summed E-state index contributed by atoms with van der Waals surface area (Å²) >= 11 is 1.66. The quantitative estimate of drug-likeness (QED) is 0.429. The molecule has 0 radical (unpaired) electrons. The molecule has 0 heterocycles. The monoisotopic (exact) mass is 336 g/mol. The highest BCUT2D eigenvalue weighted by Crippen LogP contribution is 2.24. The smallest absolute Gasteiger partial charge is 0.275 e. The first-order valence-corrected chi connectivity index (χ1v) is 8.59. The predicted octanol–water partition coefficient (Wildman–Crippen LogP) is 4.03. The highest BCUT2D eigenvalue weighted by atomic mass is 32.2. The van der Waals surface area contributed by atoms with Crippen molar-refractivity contribution >= 4 is 34.7 Å². The van der Waals surface area contributed by atoms with Crippen molar-refractivity contribution in [2.24, 2.45) is 5.10 Å². The average molecular weight is 336 g/mol. The molecule has 1 amide bonds. The number of rotatable bonds is 4. The van der Waals surface area contributed by atoms with Gasteiger partial charge in [0.1, 0.15) is 5.75 Å². The molecule has 3 aromatic rings. The van der Waals surface area contributed by atoms with Crippen LogP contribution in [0.3, 0.4) is 0 Å². The van der Waals surface area contributed by atoms with Gasteiger partial charge in [0.25, 0.3) is 5.91 Å². The molecule has 0 aliphatic heterocycles. The van der Waals surface area contributed by atoms with E-state index in [0.29, 0.717) is 0 Å². The maximum atomic E-state index is 12.2. The molecule has 0 spiro atoms. The van der Waals surface area contributed by atoms with Gasteiger partial charge >= 0.3 is 0 Å². The van der Waals surface area contributed by atoms with E-state index in [9.17, 15) is 9.90 Å². The van der Waals surface area contributed by atoms with Crippen molar-refractivity contribution in [1.29, 1.82) is 0 Å². The van der Waals surface area contributed by atoms with Crippen molar-refractivity contribution in [2.45, 2.75) is 4.90 Å². The largest absolute Gasteiger partial charge is 0.507 e. The summed E-state index contributed by atoms with van der Waals surface area (Å²) in [6.45, 7) is 0. The van der Waals surface area contributed by atoms with E-state index in [2.05, 4.69) is 10.5 Å². The second-order valence-electron chi connectivity index (χ2n) is 5.19. The van der Waals surface area contributed by atoms with Gasteiger partial charge in [-0.3, -0.25) is 4.79 Å². The number of phenols is 1. The Bertz CT molecular complexity index is 905. The minimum atomic E-state index is -0.449. The van der Waals surface area contributed by atoms with Gasteiger partial charge in [-0.25, -0.2) is 5.43 Å². The SMILES string of the molecule is CSc1ccc(/C=N\NC(=O)c2cc3ccccc3cc2O)cc1. The van der Waals surface area contributed by atoms with E-state index in [-0.39, 0.29) is 11.3 Å². The first-order chi connectivity index (χ1) is 11.7. The van der Waals surface area contributed by atoms with E-state index in [1.807, 2.05) is 54.8 Å². The molecule has 2 N–H and O–H groups in total. The molecule has 120 valence electrons. The number of nitrogens with zero attached hydrogens (tertiary/aromatic N) is 1. The molecule has 0 aromatic heterocycles. The van der Waals surface area contributed by atoms with Gasteiger partial charge in [-0.15, -0.1) is 11.8 Å². The van der Waals surface area contributed by atoms with E-state index < -0.39 is 5.91 Å². The lowest BCUT2D eigenvalue weighted by molar-refractivity contribution is 0.0952. The predicted molar refractivity (Wildman–Crippen MR) is 98.9 cm³/mol. The third kappa shape index (κ3) is 3.58. The van der Waals surface area contributed by atoms with Crippen LogP contribution in [0.4, 0.5) is 0 Å². The Hall–Kier alpha value is -2.79. The number of thioether (sulfide) groups is 1. The first-order valence-electron chi connectivity index (χ1n) is 7.36. The Morgan fingerprint density at radius 2 is 1.75 bits per heavy atom. The van der Waals surface area contributed by atoms with Crippen LogP contribution in [0.5, 0.6) is 5.75 Å². The molecule has 0 unspecified atom stereocenters. The number of fused-ring (bicyclic) bond motifs is 1. The Kier molecular flexibility index (Phi) is 4.82. The van der Waals surface area contributed by atoms with Gasteiger partial charge in [0.15, 0.2) is 0 Å². The zero-order valence-electron chi connectivity index (χ0n) is 13.1. The maximum absolute atomic E-state index is 12.2. The molecule has 0 bridgehead atoms. The number of benzene rings is 3. The number of amides is 1. The number of carbonyl (C=O) groups is 1. The lowest BCUT2D eigenvalue weighted by Crippen LogP contribution is -2.17. The second kappa shape index (κ2) is 7.19. The molecule has 5 heteroatoms. The van der Waals surface area contributed by atoms with Crippen LogP contribution in [0.1, 0.15) is 15.9 Å². The normalized spacial score (nSPS) is 11.0. The van der Waals surface area contributed by atoms with Crippen molar-refractivity contribution in [3.05, 3.63) is 71.8 Å². The number of phenolic OH excluding ortho intramolecular Hbond substituents is 1. The number of hydrazone groups is 1. The van der Waals surface area contributed by atoms with Gasteiger partial charge in [-0.1, -0.05) is 36.4 Å². The molecule has 0 saturated carbocycles. The molecular weight excluding hydrogens is 320 g/mol. The molecule has 0 saturated heterocycles. The van der Waals surface area contributed by atoms with Crippen molar-refractivity contribution in [1.82, 2.24) is 5.43 Å². The Morgan fingerprint density at radius 3 is 2.42 bits per heavy atom. The molecular formula is C19H16N2O2S. The molecule has 0 aliphatic carbocycles. The molecule has 4 nitrogen and oxygen atoms in total. The zero-order chi connectivity index (χ0) is 16.9. The van der Waals surface area contributed by atoms with E-state index >= 15 is 0 Å². The zero-order valence-corrected chi connectivity index (χ0v) is 13.9. The minimum Gasteiger partial charge on any atom is -0.507 e. The second-order valence-corrected chi connectivity index (χ2v) is 6.07. The highest BCUT2D eigenvalue weighted by molar-refractivity contribution is 7.98. The van der Waals surface area contributed by atoms with Crippen LogP contribution in [-0.4, -0.2) is 23.5 Å². The number of aromatic hydroxyl groups is 1. The van der Waals surface area contributed by atoms with Gasteiger partial charge in [-0.05, 0) is 46.9 Å². The van der Waals surface area contributed by atoms with Crippen LogP contribution >= 0.6 is 11.8 Å². The molecule has 0 atom stereocenters. The Balaban J connectivity index is 1.74. The summed E-state index contributed by atoms with van der Waals surface area (Å²) in [5.74, 6) is -0.513. The van der Waals surface area contributed by atoms with Crippen LogP contribution in [0, 0.1) is 0 Å². The average Bonchev–Trinajstić information content (AvgIpc) is 2.61. The lowest BCUT2D eigenvalue weighted by atomic mass is 10.1. The van der Waals surface area contributed by atoms with Gasteiger partial charge in [-0.2, -0.15) is 5.10 Å². The number of nitrogens with one attached hydrogen (secondary N) is 1. The summed E-state index contributed by atoms with van der Waals surface area (Å²) in [5, 5.41) is 15.8. The third-order valence-corrected chi connectivity index (χ3v) is 4.35. The van der Waals surface area contributed by atoms with Crippen molar-refractivity contribution in [3.8, 4) is 5.75 Å². The summed E-state index contributed by atoms with van der Waals surface area (Å²) in [6.07, 6.45) is 3.58. The van der Waals surface area contributed by atoms with Crippen molar-refractivity contribution in [2.75, 3.05) is 6.26 Å². The van der Waals surface area contributed by atoms with Crippen LogP contribution in [0.2, 0.25) is 0 Å². The topological polar surface area (TPSA) is 61.7 Å². The number of hydrogen-bond donors (Lipinski definition) is 2. The summed E-state index contributed by atoms with van der Waals surface area (Å²) in [5.41, 5.74) is 3.53. The Labute approximate surface area is 144 Å². The van der Waals surface area contributed by atoms with Gasteiger partial charge in [0, 0.05) is 4.90 Å². The lowest BCUT2D eigenvalue weighted by Gasteiger charge is -2.05. The van der Waals surface area contributed by atoms with Gasteiger partial charge in [0.05, 0.1) is 11.8 Å². The number of carbonyl (C=O) groups excluding carboxylic acids is 1. The van der Waals surface area contributed by atoms with E-state index in [4.69, 9.17) is 0 Å². The standard InChI is InChI=1S/C19H16N2O2S/c1-24-16-8-6-13(7-9-16)12-20-21-19(23)17-10-14-4-2-3-5-15(14)11-18(17)22/h2-12,22H,1H3,(H,21,23)/b20-12-. The minimum absolute atomic E-state index is 0.0641. The molecule has 0 fully saturated rings. The fraction of sp³-hybridized carbons (Fsp3) is 0.0526. The third-order valence-electron chi connectivity index (χ3n) is 3.60. The van der Waals surface area contributed by atoms with Gasteiger partial charge < -0.3 is 5.11 Å². The number of hydrogen-bond acceptors (Lipinski definition) is 4. The van der Waals surface area contributed by atoms with Crippen molar-refractivity contribution < 1.29 is 9.90 Å². The van der Waals surface area contributed by atoms with Crippen LogP contribution < -0.4 is 5.43 Å². The van der Waals surface area contributed by atoms with Crippen molar-refractivity contribution in [3.63, 3.8) is 0 Å². The first kappa shape index (κ1) is 16.1. The van der Waals surface area contributed by atoms with E-state index in [0.717, 1.165) is 21.2 Å². The fourth-order valence-electron chi connectivity index (χ4n) is 2.33. The molecule has 24 heavy (non-hydrogen) atoms. The van der Waals surface area contributed by atoms with Crippen LogP contribution in [0.25, 0.3) is 10.8 Å². The Morgan fingerprint density at radius 1 is 1.08 bits per heavy atom. The van der Waals surface area contributed by atoms with E-state index in [1.54, 1.807) is 30.1 Å².